The van der Waals surface area contributed by atoms with Crippen molar-refractivity contribution in [3.05, 3.63) is 83.7 Å². The molecule has 252 valence electrons. The molecule has 47 heavy (non-hydrogen) atoms. The molecule has 1 aromatic heterocycles. The Balaban J connectivity index is 1.18. The first-order chi connectivity index (χ1) is 22.3. The average Bonchev–Trinajstić information content (AvgIpc) is 3.42. The van der Waals surface area contributed by atoms with E-state index < -0.39 is 5.97 Å². The second-order valence-corrected chi connectivity index (χ2v) is 17.8. The fourth-order valence-corrected chi connectivity index (χ4v) is 13.3. The van der Waals surface area contributed by atoms with Crippen LogP contribution in [0.1, 0.15) is 121 Å². The van der Waals surface area contributed by atoms with Gasteiger partial charge >= 0.3 is 5.97 Å². The Kier molecular flexibility index (Phi) is 7.98. The number of aromatic nitrogens is 1. The van der Waals surface area contributed by atoms with Crippen LogP contribution in [0.5, 0.6) is 0 Å². The molecule has 4 fully saturated rings. The van der Waals surface area contributed by atoms with Crippen LogP contribution < -0.4 is 5.32 Å². The molecule has 9 atom stereocenters. The number of benzene rings is 1. The molecule has 7 rings (SSSR count). The molecule has 0 amide bonds. The standard InChI is InChI=1S/C43H58N2O2/c1-28(2)32-14-22-43(45-27-19-29-17-25-44-26-18-29)24-23-41(6)34(37(32)43)12-13-36-40(5)20-15-33(30-8-10-31(11-9-30)38(46)47)39(3,4)35(40)16-21-42(36,41)7/h8-11,15,17-18,25-26,32,34-37,45H,1,12-14,16,19-24,27H2,2-7H3,(H,46,47). The molecule has 0 spiro atoms. The highest BCUT2D eigenvalue weighted by molar-refractivity contribution is 5.88. The number of carboxylic acids is 1. The van der Waals surface area contributed by atoms with Crippen molar-refractivity contribution in [1.82, 2.24) is 10.3 Å². The van der Waals surface area contributed by atoms with Crippen molar-refractivity contribution in [2.45, 2.75) is 111 Å². The lowest BCUT2D eigenvalue weighted by molar-refractivity contribution is -0.219. The Bertz CT molecular complexity index is 1560. The Morgan fingerprint density at radius 2 is 1.62 bits per heavy atom. The third kappa shape index (κ3) is 4.85. The summed E-state index contributed by atoms with van der Waals surface area (Å²) in [6, 6.07) is 12.0. The minimum atomic E-state index is -0.857. The maximum Gasteiger partial charge on any atom is 0.335 e. The van der Waals surface area contributed by atoms with Crippen LogP contribution in [0.2, 0.25) is 0 Å². The minimum absolute atomic E-state index is 0.0355. The van der Waals surface area contributed by atoms with Crippen molar-refractivity contribution in [3.63, 3.8) is 0 Å². The third-order valence-corrected chi connectivity index (χ3v) is 15.7. The van der Waals surface area contributed by atoms with Gasteiger partial charge in [-0.15, -0.1) is 0 Å². The fourth-order valence-electron chi connectivity index (χ4n) is 13.3. The largest absolute Gasteiger partial charge is 0.478 e. The lowest BCUT2D eigenvalue weighted by atomic mass is 9.33. The smallest absolute Gasteiger partial charge is 0.335 e. The summed E-state index contributed by atoms with van der Waals surface area (Å²) < 4.78 is 0. The number of carbonyl (C=O) groups is 1. The molecule has 0 aliphatic heterocycles. The fraction of sp³-hybridized carbons (Fsp3) is 0.628. The normalized spacial score (nSPS) is 40.3. The summed E-state index contributed by atoms with van der Waals surface area (Å²) in [6.45, 7) is 21.0. The lowest BCUT2D eigenvalue weighted by Crippen LogP contribution is -2.68. The number of nitrogens with one attached hydrogen (secondary N) is 1. The quantitative estimate of drug-likeness (QED) is 0.298. The summed E-state index contributed by atoms with van der Waals surface area (Å²) in [4.78, 5) is 15.8. The number of rotatable bonds is 7. The SMILES string of the molecule is C=C(C)C1CCC2(NCCc3ccncc3)CCC3(C)C(CCC4C5(C)CC=C(c6ccc(C(=O)O)cc6)C(C)(C)C5CCC43C)C12. The van der Waals surface area contributed by atoms with E-state index in [-0.39, 0.29) is 16.4 Å². The van der Waals surface area contributed by atoms with E-state index in [9.17, 15) is 9.90 Å². The molecule has 4 saturated carbocycles. The second kappa shape index (κ2) is 11.4. The zero-order valence-corrected chi connectivity index (χ0v) is 29.9. The molecule has 0 saturated heterocycles. The van der Waals surface area contributed by atoms with E-state index >= 15 is 0 Å². The maximum absolute atomic E-state index is 11.5. The lowest BCUT2D eigenvalue weighted by Gasteiger charge is -2.72. The van der Waals surface area contributed by atoms with Gasteiger partial charge in [0.1, 0.15) is 0 Å². The summed E-state index contributed by atoms with van der Waals surface area (Å²) in [5.41, 5.74) is 6.91. The number of nitrogens with zero attached hydrogens (tertiary/aromatic N) is 1. The molecular formula is C43H58N2O2. The van der Waals surface area contributed by atoms with Crippen LogP contribution >= 0.6 is 0 Å². The van der Waals surface area contributed by atoms with E-state index in [4.69, 9.17) is 0 Å². The van der Waals surface area contributed by atoms with Crippen LogP contribution in [0.3, 0.4) is 0 Å². The van der Waals surface area contributed by atoms with Crippen molar-refractivity contribution in [2.75, 3.05) is 6.54 Å². The van der Waals surface area contributed by atoms with E-state index in [0.717, 1.165) is 25.3 Å². The maximum atomic E-state index is 11.5. The summed E-state index contributed by atoms with van der Waals surface area (Å²) in [5, 5.41) is 13.7. The molecule has 4 nitrogen and oxygen atoms in total. The molecule has 4 heteroatoms. The van der Waals surface area contributed by atoms with Gasteiger partial charge in [0, 0.05) is 17.9 Å². The molecular weight excluding hydrogens is 576 g/mol. The van der Waals surface area contributed by atoms with Crippen molar-refractivity contribution < 1.29 is 9.90 Å². The summed E-state index contributed by atoms with van der Waals surface area (Å²) >= 11 is 0. The molecule has 0 bridgehead atoms. The molecule has 2 N–H and O–H groups in total. The predicted octanol–water partition coefficient (Wildman–Crippen LogP) is 10.0. The highest BCUT2D eigenvalue weighted by Crippen LogP contribution is 2.76. The average molecular weight is 635 g/mol. The van der Waals surface area contributed by atoms with Gasteiger partial charge in [-0.2, -0.15) is 0 Å². The Morgan fingerprint density at radius 1 is 0.894 bits per heavy atom. The van der Waals surface area contributed by atoms with Gasteiger partial charge in [0.15, 0.2) is 0 Å². The molecule has 1 aromatic carbocycles. The van der Waals surface area contributed by atoms with Gasteiger partial charge < -0.3 is 10.4 Å². The number of fused-ring (bicyclic) bond motifs is 7. The first-order valence-corrected chi connectivity index (χ1v) is 18.6. The van der Waals surface area contributed by atoms with Gasteiger partial charge in [-0.05, 0) is 170 Å². The van der Waals surface area contributed by atoms with Gasteiger partial charge in [-0.25, -0.2) is 4.79 Å². The molecule has 5 aliphatic rings. The summed E-state index contributed by atoms with van der Waals surface area (Å²) in [7, 11) is 0. The first-order valence-electron chi connectivity index (χ1n) is 18.6. The van der Waals surface area contributed by atoms with Crippen LogP contribution in [0.15, 0.2) is 67.0 Å². The molecule has 5 aliphatic carbocycles. The Morgan fingerprint density at radius 3 is 2.30 bits per heavy atom. The summed E-state index contributed by atoms with van der Waals surface area (Å²) in [5.74, 6) is 2.47. The van der Waals surface area contributed by atoms with E-state index in [1.54, 1.807) is 12.1 Å². The van der Waals surface area contributed by atoms with E-state index in [1.807, 2.05) is 24.5 Å². The third-order valence-electron chi connectivity index (χ3n) is 15.7. The van der Waals surface area contributed by atoms with Gasteiger partial charge in [-0.1, -0.05) is 65.0 Å². The van der Waals surface area contributed by atoms with E-state index in [2.05, 4.69) is 76.6 Å². The van der Waals surface area contributed by atoms with Crippen LogP contribution in [-0.2, 0) is 6.42 Å². The van der Waals surface area contributed by atoms with E-state index in [0.29, 0.717) is 40.1 Å². The zero-order valence-electron chi connectivity index (χ0n) is 29.9. The number of carboxylic acid groups (broad SMARTS) is 1. The van der Waals surface area contributed by atoms with Crippen LogP contribution in [0, 0.1) is 51.2 Å². The molecule has 0 radical (unpaired) electrons. The monoisotopic (exact) mass is 634 g/mol. The van der Waals surface area contributed by atoms with Crippen LogP contribution in [-0.4, -0.2) is 28.1 Å². The molecule has 2 aromatic rings. The number of allylic oxidation sites excluding steroid dienone is 3. The van der Waals surface area contributed by atoms with Crippen molar-refractivity contribution >= 4 is 11.5 Å². The number of aromatic carboxylic acids is 1. The van der Waals surface area contributed by atoms with Gasteiger partial charge in [0.05, 0.1) is 5.56 Å². The van der Waals surface area contributed by atoms with Crippen LogP contribution in [0.25, 0.3) is 5.57 Å². The van der Waals surface area contributed by atoms with Gasteiger partial charge in [0.2, 0.25) is 0 Å². The van der Waals surface area contributed by atoms with Crippen molar-refractivity contribution in [1.29, 1.82) is 0 Å². The van der Waals surface area contributed by atoms with Crippen LogP contribution in [0.4, 0.5) is 0 Å². The zero-order chi connectivity index (χ0) is 33.4. The summed E-state index contributed by atoms with van der Waals surface area (Å²) in [6.07, 6.45) is 19.0. The molecule has 1 heterocycles. The van der Waals surface area contributed by atoms with Gasteiger partial charge in [0.25, 0.3) is 0 Å². The van der Waals surface area contributed by atoms with E-state index in [1.165, 1.54) is 73.6 Å². The van der Waals surface area contributed by atoms with Crippen molar-refractivity contribution in [2.24, 2.45) is 51.2 Å². The highest BCUT2D eigenvalue weighted by Gasteiger charge is 2.70. The van der Waals surface area contributed by atoms with Gasteiger partial charge in [-0.3, -0.25) is 4.98 Å². The molecule has 9 unspecified atom stereocenters. The second-order valence-electron chi connectivity index (χ2n) is 17.8. The highest BCUT2D eigenvalue weighted by atomic mass is 16.4. The topological polar surface area (TPSA) is 62.2 Å². The van der Waals surface area contributed by atoms with Crippen molar-refractivity contribution in [3.8, 4) is 0 Å². The Labute approximate surface area is 283 Å². The first kappa shape index (κ1) is 32.8. The Hall–Kier alpha value is -2.72. The number of pyridine rings is 1. The number of hydrogen-bond acceptors (Lipinski definition) is 3. The minimum Gasteiger partial charge on any atom is -0.478 e. The number of hydrogen-bond donors (Lipinski definition) is 2. The predicted molar refractivity (Wildman–Crippen MR) is 192 cm³/mol.